The second-order valence-corrected chi connectivity index (χ2v) is 4.11. The number of rotatable bonds is 5. The summed E-state index contributed by atoms with van der Waals surface area (Å²) < 4.78 is 18.8. The highest BCUT2D eigenvalue weighted by Crippen LogP contribution is 2.12. The molecule has 2 rings (SSSR count). The molecule has 0 spiro atoms. The smallest absolute Gasteiger partial charge is 0.127 e. The molecule has 0 saturated heterocycles. The fourth-order valence-corrected chi connectivity index (χ4v) is 1.74. The zero-order chi connectivity index (χ0) is 12.8. The van der Waals surface area contributed by atoms with Crippen LogP contribution in [-0.2, 0) is 24.5 Å². The van der Waals surface area contributed by atoms with Gasteiger partial charge in [0.2, 0.25) is 0 Å². The van der Waals surface area contributed by atoms with Crippen molar-refractivity contribution >= 4 is 0 Å². The van der Waals surface area contributed by atoms with E-state index in [0.29, 0.717) is 18.8 Å². The van der Waals surface area contributed by atoms with Crippen LogP contribution in [0.2, 0.25) is 0 Å². The summed E-state index contributed by atoms with van der Waals surface area (Å²) in [5.74, 6) is -0.260. The van der Waals surface area contributed by atoms with E-state index in [1.807, 2.05) is 30.3 Å². The lowest BCUT2D eigenvalue weighted by molar-refractivity contribution is 0.107. The largest absolute Gasteiger partial charge is 0.372 e. The van der Waals surface area contributed by atoms with Gasteiger partial charge in [0.15, 0.2) is 0 Å². The first-order valence-electron chi connectivity index (χ1n) is 5.88. The Hall–Kier alpha value is -1.71. The summed E-state index contributed by atoms with van der Waals surface area (Å²) in [4.78, 5) is 0. The Kier molecular flexibility index (Phi) is 4.45. The van der Waals surface area contributed by atoms with E-state index in [1.54, 1.807) is 12.1 Å². The molecule has 0 aromatic heterocycles. The van der Waals surface area contributed by atoms with Crippen molar-refractivity contribution in [2.75, 3.05) is 0 Å². The van der Waals surface area contributed by atoms with Gasteiger partial charge in [-0.1, -0.05) is 36.4 Å². The minimum absolute atomic E-state index is 0.207. The van der Waals surface area contributed by atoms with Crippen LogP contribution in [0.15, 0.2) is 48.5 Å². The van der Waals surface area contributed by atoms with Crippen LogP contribution >= 0.6 is 0 Å². The van der Waals surface area contributed by atoms with Crippen LogP contribution < -0.4 is 5.73 Å². The summed E-state index contributed by atoms with van der Waals surface area (Å²) in [5.41, 5.74) is 8.04. The summed E-state index contributed by atoms with van der Waals surface area (Å²) in [6, 6.07) is 14.8. The molecule has 0 saturated carbocycles. The Labute approximate surface area is 106 Å². The summed E-state index contributed by atoms with van der Waals surface area (Å²) in [5, 5.41) is 0. The lowest BCUT2D eigenvalue weighted by atomic mass is 10.1. The molecule has 0 radical (unpaired) electrons. The molecule has 0 bridgehead atoms. The molecule has 3 heteroatoms. The monoisotopic (exact) mass is 245 g/mol. The van der Waals surface area contributed by atoms with Gasteiger partial charge in [-0.3, -0.25) is 0 Å². The van der Waals surface area contributed by atoms with Crippen LogP contribution in [0, 0.1) is 5.82 Å². The number of hydrogen-bond acceptors (Lipinski definition) is 2. The molecule has 0 aliphatic carbocycles. The Morgan fingerprint density at radius 3 is 2.39 bits per heavy atom. The zero-order valence-electron chi connectivity index (χ0n) is 10.1. The molecule has 18 heavy (non-hydrogen) atoms. The quantitative estimate of drug-likeness (QED) is 0.878. The third kappa shape index (κ3) is 3.39. The van der Waals surface area contributed by atoms with Crippen molar-refractivity contribution in [2.24, 2.45) is 5.73 Å². The van der Waals surface area contributed by atoms with E-state index in [-0.39, 0.29) is 12.4 Å². The van der Waals surface area contributed by atoms with Gasteiger partial charge >= 0.3 is 0 Å². The van der Waals surface area contributed by atoms with Crippen LogP contribution in [0.4, 0.5) is 4.39 Å². The highest BCUT2D eigenvalue weighted by molar-refractivity contribution is 5.24. The second-order valence-electron chi connectivity index (χ2n) is 4.11. The van der Waals surface area contributed by atoms with E-state index >= 15 is 0 Å². The normalized spacial score (nSPS) is 10.6. The van der Waals surface area contributed by atoms with Gasteiger partial charge in [0.25, 0.3) is 0 Å². The van der Waals surface area contributed by atoms with E-state index in [4.69, 9.17) is 10.5 Å². The summed E-state index contributed by atoms with van der Waals surface area (Å²) >= 11 is 0. The average Bonchev–Trinajstić information content (AvgIpc) is 2.42. The molecule has 0 fully saturated rings. The van der Waals surface area contributed by atoms with Crippen LogP contribution in [0.5, 0.6) is 0 Å². The maximum atomic E-state index is 13.2. The number of benzene rings is 2. The van der Waals surface area contributed by atoms with Crippen molar-refractivity contribution < 1.29 is 9.13 Å². The Bertz CT molecular complexity index is 499. The highest BCUT2D eigenvalue weighted by Gasteiger charge is 2.02. The molecule has 2 nitrogen and oxygen atoms in total. The van der Waals surface area contributed by atoms with Gasteiger partial charge < -0.3 is 10.5 Å². The number of ether oxygens (including phenoxy) is 1. The maximum absolute atomic E-state index is 13.2. The SMILES string of the molecule is NCc1cc(COCc2ccccc2)ccc1F. The standard InChI is InChI=1S/C15H16FNO/c16-15-7-6-13(8-14(15)9-17)11-18-10-12-4-2-1-3-5-12/h1-8H,9-11,17H2. The van der Waals surface area contributed by atoms with Crippen molar-refractivity contribution in [2.45, 2.75) is 19.8 Å². The van der Waals surface area contributed by atoms with Crippen molar-refractivity contribution in [1.82, 2.24) is 0 Å². The lowest BCUT2D eigenvalue weighted by Gasteiger charge is -2.07. The summed E-state index contributed by atoms with van der Waals surface area (Å²) in [7, 11) is 0. The van der Waals surface area contributed by atoms with Crippen LogP contribution in [-0.4, -0.2) is 0 Å². The lowest BCUT2D eigenvalue weighted by Crippen LogP contribution is -2.02. The van der Waals surface area contributed by atoms with Crippen molar-refractivity contribution in [3.05, 3.63) is 71.0 Å². The number of hydrogen-bond donors (Lipinski definition) is 1. The van der Waals surface area contributed by atoms with Gasteiger partial charge in [0, 0.05) is 12.1 Å². The highest BCUT2D eigenvalue weighted by atomic mass is 19.1. The fourth-order valence-electron chi connectivity index (χ4n) is 1.74. The summed E-state index contributed by atoms with van der Waals surface area (Å²) in [6.07, 6.45) is 0. The molecule has 2 N–H and O–H groups in total. The molecular formula is C15H16FNO. The minimum atomic E-state index is -0.260. The van der Waals surface area contributed by atoms with E-state index in [1.165, 1.54) is 6.07 Å². The Morgan fingerprint density at radius 1 is 0.944 bits per heavy atom. The molecule has 2 aromatic rings. The van der Waals surface area contributed by atoms with Crippen molar-refractivity contribution in [1.29, 1.82) is 0 Å². The van der Waals surface area contributed by atoms with Crippen LogP contribution in [0.25, 0.3) is 0 Å². The molecule has 0 aliphatic heterocycles. The molecule has 0 unspecified atom stereocenters. The molecule has 0 amide bonds. The second kappa shape index (κ2) is 6.28. The van der Waals surface area contributed by atoms with Crippen LogP contribution in [0.1, 0.15) is 16.7 Å². The van der Waals surface area contributed by atoms with Gasteiger partial charge in [0.1, 0.15) is 5.82 Å². The van der Waals surface area contributed by atoms with Crippen LogP contribution in [0.3, 0.4) is 0 Å². The maximum Gasteiger partial charge on any atom is 0.127 e. The van der Waals surface area contributed by atoms with E-state index < -0.39 is 0 Å². The van der Waals surface area contributed by atoms with Gasteiger partial charge in [-0.2, -0.15) is 0 Å². The van der Waals surface area contributed by atoms with E-state index in [9.17, 15) is 4.39 Å². The van der Waals surface area contributed by atoms with Gasteiger partial charge in [-0.25, -0.2) is 4.39 Å². The number of nitrogens with two attached hydrogens (primary N) is 1. The van der Waals surface area contributed by atoms with E-state index in [2.05, 4.69) is 0 Å². The zero-order valence-corrected chi connectivity index (χ0v) is 10.1. The average molecular weight is 245 g/mol. The van der Waals surface area contributed by atoms with E-state index in [0.717, 1.165) is 11.1 Å². The van der Waals surface area contributed by atoms with Gasteiger partial charge in [-0.15, -0.1) is 0 Å². The molecule has 0 heterocycles. The summed E-state index contributed by atoms with van der Waals surface area (Å²) in [6.45, 7) is 1.22. The van der Waals surface area contributed by atoms with Crippen molar-refractivity contribution in [3.8, 4) is 0 Å². The fraction of sp³-hybridized carbons (Fsp3) is 0.200. The minimum Gasteiger partial charge on any atom is -0.372 e. The molecule has 2 aromatic carbocycles. The third-order valence-electron chi connectivity index (χ3n) is 2.71. The predicted octanol–water partition coefficient (Wildman–Crippen LogP) is 3.00. The van der Waals surface area contributed by atoms with Crippen molar-refractivity contribution in [3.63, 3.8) is 0 Å². The first kappa shape index (κ1) is 12.7. The topological polar surface area (TPSA) is 35.2 Å². The Balaban J connectivity index is 1.91. The first-order valence-corrected chi connectivity index (χ1v) is 5.88. The molecule has 0 aliphatic rings. The first-order chi connectivity index (χ1) is 8.79. The molecule has 94 valence electrons. The third-order valence-corrected chi connectivity index (χ3v) is 2.71. The number of halogens is 1. The van der Waals surface area contributed by atoms with Gasteiger partial charge in [-0.05, 0) is 23.3 Å². The Morgan fingerprint density at radius 2 is 1.67 bits per heavy atom. The predicted molar refractivity (Wildman–Crippen MR) is 69.2 cm³/mol. The van der Waals surface area contributed by atoms with Gasteiger partial charge in [0.05, 0.1) is 13.2 Å². The molecule has 0 atom stereocenters. The molecular weight excluding hydrogens is 229 g/mol.